The molecule has 2 aromatic carbocycles. The number of nitriles is 1. The van der Waals surface area contributed by atoms with E-state index in [2.05, 4.69) is 10.2 Å². The summed E-state index contributed by atoms with van der Waals surface area (Å²) in [5.41, 5.74) is 4.09. The number of carbonyl (C=O) groups is 2. The van der Waals surface area contributed by atoms with E-state index in [0.717, 1.165) is 16.7 Å². The Labute approximate surface area is 170 Å². The molecule has 0 bridgehead atoms. The number of hydrogen-bond donors (Lipinski definition) is 2. The van der Waals surface area contributed by atoms with Gasteiger partial charge in [0, 0.05) is 5.56 Å². The van der Waals surface area contributed by atoms with Gasteiger partial charge in [0.15, 0.2) is 11.5 Å². The van der Waals surface area contributed by atoms with Crippen LogP contribution in [0.3, 0.4) is 0 Å². The molecular formula is C23H23N3O3. The van der Waals surface area contributed by atoms with Crippen LogP contribution in [0, 0.1) is 37.7 Å². The van der Waals surface area contributed by atoms with Crippen molar-refractivity contribution in [3.63, 3.8) is 0 Å². The minimum atomic E-state index is -0.903. The Morgan fingerprint density at radius 2 is 1.83 bits per heavy atom. The third-order valence-electron chi connectivity index (χ3n) is 5.11. The molecule has 0 aliphatic heterocycles. The van der Waals surface area contributed by atoms with Crippen LogP contribution in [0.5, 0.6) is 0 Å². The van der Waals surface area contributed by atoms with E-state index in [1.807, 2.05) is 19.9 Å². The van der Waals surface area contributed by atoms with E-state index in [1.54, 1.807) is 43.3 Å². The number of nitrogens with one attached hydrogen (secondary N) is 1. The molecule has 2 N–H and O–H groups in total. The van der Waals surface area contributed by atoms with Gasteiger partial charge in [-0.25, -0.2) is 4.85 Å². The standard InChI is InChI=1S/C23H23N3O3/c1-14-15(2)21(25-4)10-9-19(14)11-20(16(3)27)23(29)26-13-22(28)18-7-5-17(12-24)6-8-18/h5-10,16,20,27H,11,13H2,1-3H3,(H,26,29)/t16-,20-/m1/s1. The van der Waals surface area contributed by atoms with E-state index in [4.69, 9.17) is 11.8 Å². The summed E-state index contributed by atoms with van der Waals surface area (Å²) in [6.45, 7) is 12.3. The molecule has 2 rings (SSSR count). The van der Waals surface area contributed by atoms with Crippen molar-refractivity contribution in [2.24, 2.45) is 5.92 Å². The van der Waals surface area contributed by atoms with Crippen LogP contribution < -0.4 is 5.32 Å². The fourth-order valence-electron chi connectivity index (χ4n) is 3.06. The maximum absolute atomic E-state index is 12.6. The van der Waals surface area contributed by atoms with Crippen molar-refractivity contribution in [3.8, 4) is 6.07 Å². The lowest BCUT2D eigenvalue weighted by Gasteiger charge is -2.21. The average Bonchev–Trinajstić information content (AvgIpc) is 2.72. The molecule has 0 spiro atoms. The highest BCUT2D eigenvalue weighted by Gasteiger charge is 2.25. The zero-order chi connectivity index (χ0) is 21.6. The van der Waals surface area contributed by atoms with Crippen LogP contribution in [-0.4, -0.2) is 29.4 Å². The lowest BCUT2D eigenvalue weighted by molar-refractivity contribution is -0.127. The topological polar surface area (TPSA) is 94.5 Å². The molecule has 6 heteroatoms. The number of Topliss-reactive ketones (excluding diaryl/α,β-unsaturated/α-hetero) is 1. The van der Waals surface area contributed by atoms with E-state index < -0.39 is 17.9 Å². The highest BCUT2D eigenvalue weighted by atomic mass is 16.3. The van der Waals surface area contributed by atoms with Gasteiger partial charge in [0.2, 0.25) is 5.91 Å². The predicted octanol–water partition coefficient (Wildman–Crippen LogP) is 3.26. The highest BCUT2D eigenvalue weighted by molar-refractivity contribution is 5.99. The van der Waals surface area contributed by atoms with Gasteiger partial charge >= 0.3 is 0 Å². The molecule has 0 aromatic heterocycles. The molecule has 0 saturated heterocycles. The second-order valence-electron chi connectivity index (χ2n) is 6.99. The first kappa shape index (κ1) is 21.8. The third kappa shape index (κ3) is 5.28. The van der Waals surface area contributed by atoms with E-state index in [1.165, 1.54) is 0 Å². The molecule has 148 valence electrons. The predicted molar refractivity (Wildman–Crippen MR) is 110 cm³/mol. The number of amides is 1. The molecule has 2 aromatic rings. The van der Waals surface area contributed by atoms with Gasteiger partial charge < -0.3 is 10.4 Å². The van der Waals surface area contributed by atoms with E-state index in [-0.39, 0.29) is 12.3 Å². The summed E-state index contributed by atoms with van der Waals surface area (Å²) in [5.74, 6) is -1.41. The van der Waals surface area contributed by atoms with Crippen LogP contribution in [0.4, 0.5) is 5.69 Å². The second kappa shape index (κ2) is 9.64. The minimum Gasteiger partial charge on any atom is -0.393 e. The number of hydrogen-bond acceptors (Lipinski definition) is 4. The smallest absolute Gasteiger partial charge is 0.226 e. The summed E-state index contributed by atoms with van der Waals surface area (Å²) < 4.78 is 0. The summed E-state index contributed by atoms with van der Waals surface area (Å²) in [6.07, 6.45) is -0.597. The minimum absolute atomic E-state index is 0.192. The Hall–Kier alpha value is -3.48. The van der Waals surface area contributed by atoms with Crippen LogP contribution in [0.2, 0.25) is 0 Å². The lowest BCUT2D eigenvalue weighted by atomic mass is 9.89. The Morgan fingerprint density at radius 1 is 1.17 bits per heavy atom. The quantitative estimate of drug-likeness (QED) is 0.561. The first-order chi connectivity index (χ1) is 13.8. The van der Waals surface area contributed by atoms with Gasteiger partial charge in [-0.1, -0.05) is 29.8 Å². The molecule has 0 fully saturated rings. The summed E-state index contributed by atoms with van der Waals surface area (Å²) >= 11 is 0. The van der Waals surface area contributed by atoms with Crippen molar-refractivity contribution in [2.75, 3.05) is 6.54 Å². The lowest BCUT2D eigenvalue weighted by Crippen LogP contribution is -2.40. The molecule has 2 atom stereocenters. The molecule has 0 unspecified atom stereocenters. The number of nitrogens with zero attached hydrogens (tertiary/aromatic N) is 2. The average molecular weight is 389 g/mol. The van der Waals surface area contributed by atoms with Gasteiger partial charge in [-0.05, 0) is 50.5 Å². The van der Waals surface area contributed by atoms with E-state index in [9.17, 15) is 14.7 Å². The van der Waals surface area contributed by atoms with Crippen molar-refractivity contribution in [2.45, 2.75) is 33.3 Å². The van der Waals surface area contributed by atoms with Gasteiger partial charge in [-0.2, -0.15) is 5.26 Å². The second-order valence-corrected chi connectivity index (χ2v) is 6.99. The van der Waals surface area contributed by atoms with Crippen molar-refractivity contribution in [3.05, 3.63) is 75.6 Å². The van der Waals surface area contributed by atoms with Crippen molar-refractivity contribution in [1.82, 2.24) is 5.32 Å². The van der Waals surface area contributed by atoms with Crippen LogP contribution >= 0.6 is 0 Å². The largest absolute Gasteiger partial charge is 0.393 e. The first-order valence-electron chi connectivity index (χ1n) is 9.24. The number of carbonyl (C=O) groups excluding carboxylic acids is 2. The molecule has 6 nitrogen and oxygen atoms in total. The first-order valence-corrected chi connectivity index (χ1v) is 9.24. The fraction of sp³-hybridized carbons (Fsp3) is 0.304. The van der Waals surface area contributed by atoms with Crippen molar-refractivity contribution < 1.29 is 14.7 Å². The molecule has 0 heterocycles. The van der Waals surface area contributed by atoms with E-state index in [0.29, 0.717) is 23.2 Å². The molecule has 0 radical (unpaired) electrons. The number of ketones is 1. The van der Waals surface area contributed by atoms with Gasteiger partial charge in [0.25, 0.3) is 0 Å². The Balaban J connectivity index is 2.08. The zero-order valence-electron chi connectivity index (χ0n) is 16.7. The number of aliphatic hydroxyl groups is 1. The number of aliphatic hydroxyl groups excluding tert-OH is 1. The van der Waals surface area contributed by atoms with Crippen LogP contribution in [0.25, 0.3) is 4.85 Å². The molecule has 29 heavy (non-hydrogen) atoms. The molecule has 1 amide bonds. The van der Waals surface area contributed by atoms with Crippen molar-refractivity contribution >= 4 is 17.4 Å². The Morgan fingerprint density at radius 3 is 2.38 bits per heavy atom. The Bertz CT molecular complexity index is 996. The van der Waals surface area contributed by atoms with Crippen LogP contribution in [0.1, 0.15) is 39.5 Å². The van der Waals surface area contributed by atoms with Crippen molar-refractivity contribution in [1.29, 1.82) is 5.26 Å². The van der Waals surface area contributed by atoms with Crippen LogP contribution in [-0.2, 0) is 11.2 Å². The third-order valence-corrected chi connectivity index (χ3v) is 5.11. The van der Waals surface area contributed by atoms with Gasteiger partial charge in [-0.3, -0.25) is 9.59 Å². The SMILES string of the molecule is [C-]#[N+]c1ccc(C[C@@H](C(=O)NCC(=O)c2ccc(C#N)cc2)[C@@H](C)O)c(C)c1C. The molecule has 0 saturated carbocycles. The highest BCUT2D eigenvalue weighted by Crippen LogP contribution is 2.27. The number of benzene rings is 2. The molecular weight excluding hydrogens is 366 g/mol. The summed E-state index contributed by atoms with van der Waals surface area (Å²) in [4.78, 5) is 28.4. The fourth-order valence-corrected chi connectivity index (χ4v) is 3.06. The monoisotopic (exact) mass is 389 g/mol. The normalized spacial score (nSPS) is 12.3. The summed E-state index contributed by atoms with van der Waals surface area (Å²) in [7, 11) is 0. The number of rotatable bonds is 7. The molecule has 0 aliphatic carbocycles. The molecule has 0 aliphatic rings. The Kier molecular flexibility index (Phi) is 7.25. The van der Waals surface area contributed by atoms with Crippen LogP contribution in [0.15, 0.2) is 36.4 Å². The summed E-state index contributed by atoms with van der Waals surface area (Å²) in [5, 5.41) is 21.5. The summed E-state index contributed by atoms with van der Waals surface area (Å²) in [6, 6.07) is 11.7. The van der Waals surface area contributed by atoms with Gasteiger partial charge in [0.1, 0.15) is 0 Å². The van der Waals surface area contributed by atoms with Gasteiger partial charge in [-0.15, -0.1) is 0 Å². The van der Waals surface area contributed by atoms with E-state index >= 15 is 0 Å². The maximum Gasteiger partial charge on any atom is 0.226 e. The zero-order valence-corrected chi connectivity index (χ0v) is 16.7. The van der Waals surface area contributed by atoms with Gasteiger partial charge in [0.05, 0.1) is 36.8 Å². The maximum atomic E-state index is 12.6.